The number of allylic oxidation sites excluding steroid dienone is 2. The lowest BCUT2D eigenvalue weighted by atomic mass is 9.84. The molecule has 174 valence electrons. The van der Waals surface area contributed by atoms with Crippen LogP contribution in [-0.4, -0.2) is 24.8 Å². The summed E-state index contributed by atoms with van der Waals surface area (Å²) in [6, 6.07) is 26.5. The van der Waals surface area contributed by atoms with Crippen molar-refractivity contribution in [1.82, 2.24) is 0 Å². The van der Waals surface area contributed by atoms with E-state index in [9.17, 15) is 9.59 Å². The van der Waals surface area contributed by atoms with Crippen molar-refractivity contribution in [3.63, 3.8) is 0 Å². The summed E-state index contributed by atoms with van der Waals surface area (Å²) >= 11 is 0. The van der Waals surface area contributed by atoms with Crippen LogP contribution in [0.1, 0.15) is 45.4 Å². The van der Waals surface area contributed by atoms with Crippen molar-refractivity contribution < 1.29 is 19.1 Å². The van der Waals surface area contributed by atoms with Gasteiger partial charge in [-0.1, -0.05) is 78.9 Å². The number of carbonyl (C=O) groups excluding carboxylic acids is 2. The van der Waals surface area contributed by atoms with E-state index in [1.165, 1.54) is 26.9 Å². The molecule has 4 nitrogen and oxygen atoms in total. The Morgan fingerprint density at radius 1 is 0.611 bits per heavy atom. The van der Waals surface area contributed by atoms with Gasteiger partial charge in [0.1, 0.15) is 0 Å². The van der Waals surface area contributed by atoms with E-state index in [4.69, 9.17) is 9.47 Å². The van der Waals surface area contributed by atoms with Gasteiger partial charge in [0.05, 0.1) is 13.2 Å². The molecule has 4 heteroatoms. The number of ketones is 2. The fraction of sp³-hybridized carbons (Fsp3) is 0.188. The van der Waals surface area contributed by atoms with Crippen LogP contribution in [0.4, 0.5) is 0 Å². The van der Waals surface area contributed by atoms with E-state index in [1.54, 1.807) is 12.1 Å². The van der Waals surface area contributed by atoms with E-state index in [-0.39, 0.29) is 17.0 Å². The van der Waals surface area contributed by atoms with Crippen LogP contribution in [0.3, 0.4) is 0 Å². The van der Waals surface area contributed by atoms with Gasteiger partial charge in [-0.2, -0.15) is 0 Å². The lowest BCUT2D eigenvalue weighted by Crippen LogP contribution is -2.37. The Morgan fingerprint density at radius 2 is 1.17 bits per heavy atom. The minimum Gasteiger partial charge on any atom is -0.348 e. The molecular formula is C32H22O4. The summed E-state index contributed by atoms with van der Waals surface area (Å²) in [5, 5.41) is 7.31. The summed E-state index contributed by atoms with van der Waals surface area (Å²) in [5.41, 5.74) is 2.97. The normalized spacial score (nSPS) is 19.7. The van der Waals surface area contributed by atoms with Crippen LogP contribution in [0.5, 0.6) is 0 Å². The average molecular weight is 471 g/mol. The van der Waals surface area contributed by atoms with Gasteiger partial charge in [0.15, 0.2) is 17.9 Å². The van der Waals surface area contributed by atoms with Gasteiger partial charge in [-0.05, 0) is 45.2 Å². The number of carbonyl (C=O) groups is 2. The first-order valence-electron chi connectivity index (χ1n) is 12.4. The van der Waals surface area contributed by atoms with E-state index < -0.39 is 6.29 Å². The highest BCUT2D eigenvalue weighted by Gasteiger charge is 2.49. The van der Waals surface area contributed by atoms with Crippen LogP contribution in [0, 0.1) is 5.41 Å². The number of benzene rings is 5. The van der Waals surface area contributed by atoms with Crippen LogP contribution in [0.15, 0.2) is 90.0 Å². The Balaban J connectivity index is 1.12. The molecule has 1 saturated heterocycles. The topological polar surface area (TPSA) is 52.6 Å². The molecule has 36 heavy (non-hydrogen) atoms. The summed E-state index contributed by atoms with van der Waals surface area (Å²) in [4.78, 5) is 26.4. The molecule has 5 aromatic rings. The Hall–Kier alpha value is -3.86. The quantitative estimate of drug-likeness (QED) is 0.253. The molecule has 0 bridgehead atoms. The summed E-state index contributed by atoms with van der Waals surface area (Å²) in [7, 11) is 0. The number of fused-ring (bicyclic) bond motifs is 1. The van der Waals surface area contributed by atoms with Crippen molar-refractivity contribution in [2.24, 2.45) is 5.41 Å². The first-order chi connectivity index (χ1) is 17.6. The molecule has 0 unspecified atom stereocenters. The molecule has 2 aliphatic carbocycles. The van der Waals surface area contributed by atoms with Gasteiger partial charge in [-0.25, -0.2) is 0 Å². The molecule has 1 fully saturated rings. The van der Waals surface area contributed by atoms with Gasteiger partial charge in [0.25, 0.3) is 0 Å². The molecule has 0 amide bonds. The Labute approximate surface area is 207 Å². The largest absolute Gasteiger partial charge is 0.348 e. The fourth-order valence-corrected chi connectivity index (χ4v) is 6.61. The molecule has 0 atom stereocenters. The fourth-order valence-electron chi connectivity index (χ4n) is 6.61. The van der Waals surface area contributed by atoms with Crippen LogP contribution in [0.2, 0.25) is 0 Å². The van der Waals surface area contributed by atoms with E-state index >= 15 is 0 Å². The molecule has 0 aromatic heterocycles. The number of ether oxygens (including phenoxy) is 2. The van der Waals surface area contributed by atoms with E-state index in [0.717, 1.165) is 10.9 Å². The van der Waals surface area contributed by atoms with Gasteiger partial charge >= 0.3 is 0 Å². The van der Waals surface area contributed by atoms with Crippen LogP contribution < -0.4 is 0 Å². The maximum atomic E-state index is 13.2. The minimum absolute atomic E-state index is 0.0222. The standard InChI is InChI=1S/C32H22O4/c33-29-22-6-1-2-7-23(22)30(34)26-15-32(14-25(26)29)16-35-31(36-17-32)24-13-11-20-9-8-18-4-3-5-19-10-12-21(24)28(20)27(18)19/h1-13,31H,14-17H2. The second-order valence-electron chi connectivity index (χ2n) is 10.5. The van der Waals surface area contributed by atoms with Gasteiger partial charge in [0.2, 0.25) is 0 Å². The van der Waals surface area contributed by atoms with Crippen molar-refractivity contribution in [3.05, 3.63) is 107 Å². The third-order valence-corrected chi connectivity index (χ3v) is 8.33. The number of rotatable bonds is 1. The van der Waals surface area contributed by atoms with E-state index in [1.807, 2.05) is 12.1 Å². The highest BCUT2D eigenvalue weighted by atomic mass is 16.7. The molecular weight excluding hydrogens is 448 g/mol. The lowest BCUT2D eigenvalue weighted by molar-refractivity contribution is -0.231. The minimum atomic E-state index is -0.485. The summed E-state index contributed by atoms with van der Waals surface area (Å²) in [6.07, 6.45) is 0.556. The van der Waals surface area contributed by atoms with Crippen molar-refractivity contribution in [2.75, 3.05) is 13.2 Å². The summed E-state index contributed by atoms with van der Waals surface area (Å²) in [5.74, 6) is -0.0445. The van der Waals surface area contributed by atoms with Gasteiger partial charge in [-0.15, -0.1) is 0 Å². The molecule has 0 radical (unpaired) electrons. The zero-order valence-corrected chi connectivity index (χ0v) is 19.5. The van der Waals surface area contributed by atoms with Crippen molar-refractivity contribution in [2.45, 2.75) is 19.1 Å². The van der Waals surface area contributed by atoms with Crippen LogP contribution in [0.25, 0.3) is 32.3 Å². The zero-order chi connectivity index (χ0) is 24.0. The zero-order valence-electron chi connectivity index (χ0n) is 19.5. The average Bonchev–Trinajstić information content (AvgIpc) is 3.30. The first-order valence-corrected chi connectivity index (χ1v) is 12.4. The molecule has 5 aromatic carbocycles. The predicted octanol–water partition coefficient (Wildman–Crippen LogP) is 6.79. The first kappa shape index (κ1) is 20.3. The van der Waals surface area contributed by atoms with Crippen LogP contribution >= 0.6 is 0 Å². The molecule has 1 heterocycles. The molecule has 0 saturated carbocycles. The highest BCUT2D eigenvalue weighted by molar-refractivity contribution is 6.27. The van der Waals surface area contributed by atoms with Gasteiger partial charge in [-0.3, -0.25) is 9.59 Å². The molecule has 1 aliphatic heterocycles. The molecule has 0 N–H and O–H groups in total. The maximum Gasteiger partial charge on any atom is 0.190 e. The SMILES string of the molecule is O=C1C2=C(CC3(COC(c4ccc5ccc6cccc7ccc4c5c67)OC3)C2)C(=O)c2ccccc21. The van der Waals surface area contributed by atoms with Crippen molar-refractivity contribution >= 4 is 43.9 Å². The predicted molar refractivity (Wildman–Crippen MR) is 139 cm³/mol. The third kappa shape index (κ3) is 2.66. The van der Waals surface area contributed by atoms with Gasteiger partial charge < -0.3 is 9.47 Å². The van der Waals surface area contributed by atoms with Crippen molar-refractivity contribution in [1.29, 1.82) is 0 Å². The van der Waals surface area contributed by atoms with E-state index in [0.29, 0.717) is 48.3 Å². The highest BCUT2D eigenvalue weighted by Crippen LogP contribution is 2.50. The monoisotopic (exact) mass is 470 g/mol. The van der Waals surface area contributed by atoms with E-state index in [2.05, 4.69) is 54.6 Å². The summed E-state index contributed by atoms with van der Waals surface area (Å²) in [6.45, 7) is 0.896. The number of hydrogen-bond donors (Lipinski definition) is 0. The van der Waals surface area contributed by atoms with Crippen LogP contribution in [-0.2, 0) is 9.47 Å². The maximum absolute atomic E-state index is 13.2. The Morgan fingerprint density at radius 3 is 1.81 bits per heavy atom. The number of Topliss-reactive ketones (excluding diaryl/α,β-unsaturated/α-hetero) is 2. The second-order valence-corrected chi connectivity index (χ2v) is 10.5. The number of hydrogen-bond acceptors (Lipinski definition) is 4. The molecule has 1 spiro atoms. The molecule has 3 aliphatic rings. The lowest BCUT2D eigenvalue weighted by Gasteiger charge is -2.38. The third-order valence-electron chi connectivity index (χ3n) is 8.33. The molecule has 8 rings (SSSR count). The smallest absolute Gasteiger partial charge is 0.190 e. The van der Waals surface area contributed by atoms with Crippen molar-refractivity contribution in [3.8, 4) is 0 Å². The Bertz CT molecular complexity index is 1720. The van der Waals surface area contributed by atoms with Gasteiger partial charge in [0, 0.05) is 33.3 Å². The Kier molecular flexibility index (Phi) is 4.01. The summed E-state index contributed by atoms with van der Waals surface area (Å²) < 4.78 is 12.7. The second kappa shape index (κ2) is 7.10.